The summed E-state index contributed by atoms with van der Waals surface area (Å²) in [7, 11) is 0. The van der Waals surface area contributed by atoms with E-state index in [0.717, 1.165) is 12.0 Å². The van der Waals surface area contributed by atoms with Crippen LogP contribution < -0.4 is 5.32 Å². The van der Waals surface area contributed by atoms with Crippen molar-refractivity contribution in [2.45, 2.75) is 97.9 Å². The largest absolute Gasteiger partial charge is 0.314 e. The standard InChI is InChI=1S/C18H37N/c1-16(2)10-7-5-6-8-15-19-17-11-9-13-18(3,4)14-12-17/h16-17,19H,5-15H2,1-4H3. The SMILES string of the molecule is CC(C)CCCCCCNC1CCCC(C)(C)CC1. The lowest BCUT2D eigenvalue weighted by atomic mass is 9.85. The van der Waals surface area contributed by atoms with Crippen LogP contribution in [0.1, 0.15) is 91.9 Å². The van der Waals surface area contributed by atoms with Crippen molar-refractivity contribution in [1.29, 1.82) is 0 Å². The molecule has 0 radical (unpaired) electrons. The van der Waals surface area contributed by atoms with Gasteiger partial charge in [-0.05, 0) is 50.0 Å². The Morgan fingerprint density at radius 3 is 2.47 bits per heavy atom. The van der Waals surface area contributed by atoms with Crippen LogP contribution in [0.4, 0.5) is 0 Å². The first-order chi connectivity index (χ1) is 8.99. The molecule has 19 heavy (non-hydrogen) atoms. The summed E-state index contributed by atoms with van der Waals surface area (Å²) in [6.45, 7) is 10.8. The molecule has 1 aliphatic carbocycles. The highest BCUT2D eigenvalue weighted by atomic mass is 14.9. The molecule has 0 aliphatic heterocycles. The fourth-order valence-corrected chi connectivity index (χ4v) is 3.20. The van der Waals surface area contributed by atoms with E-state index >= 15 is 0 Å². The molecule has 0 amide bonds. The van der Waals surface area contributed by atoms with Gasteiger partial charge < -0.3 is 5.32 Å². The summed E-state index contributed by atoms with van der Waals surface area (Å²) >= 11 is 0. The second kappa shape index (κ2) is 9.00. The van der Waals surface area contributed by atoms with Gasteiger partial charge in [-0.3, -0.25) is 0 Å². The van der Waals surface area contributed by atoms with E-state index in [1.54, 1.807) is 0 Å². The molecule has 1 nitrogen and oxygen atoms in total. The molecule has 114 valence electrons. The Morgan fingerprint density at radius 1 is 1.00 bits per heavy atom. The zero-order chi connectivity index (χ0) is 14.1. The van der Waals surface area contributed by atoms with Gasteiger partial charge in [0.1, 0.15) is 0 Å². The highest BCUT2D eigenvalue weighted by Gasteiger charge is 2.23. The van der Waals surface area contributed by atoms with Crippen molar-refractivity contribution in [3.8, 4) is 0 Å². The number of hydrogen-bond acceptors (Lipinski definition) is 1. The quantitative estimate of drug-likeness (QED) is 0.449. The Labute approximate surface area is 121 Å². The van der Waals surface area contributed by atoms with Gasteiger partial charge in [0.05, 0.1) is 0 Å². The van der Waals surface area contributed by atoms with Crippen molar-refractivity contribution >= 4 is 0 Å². The maximum atomic E-state index is 3.80. The molecule has 1 unspecified atom stereocenters. The van der Waals surface area contributed by atoms with Crippen LogP contribution in [-0.4, -0.2) is 12.6 Å². The summed E-state index contributed by atoms with van der Waals surface area (Å²) in [5.41, 5.74) is 0.591. The lowest BCUT2D eigenvalue weighted by Crippen LogP contribution is -2.29. The minimum Gasteiger partial charge on any atom is -0.314 e. The van der Waals surface area contributed by atoms with Gasteiger partial charge in [0, 0.05) is 6.04 Å². The van der Waals surface area contributed by atoms with Crippen LogP contribution in [0.5, 0.6) is 0 Å². The summed E-state index contributed by atoms with van der Waals surface area (Å²) in [6.07, 6.45) is 14.1. The highest BCUT2D eigenvalue weighted by Crippen LogP contribution is 2.33. The van der Waals surface area contributed by atoms with Crippen LogP contribution in [0.15, 0.2) is 0 Å². The molecule has 0 spiro atoms. The molecule has 0 bridgehead atoms. The predicted molar refractivity (Wildman–Crippen MR) is 86.6 cm³/mol. The number of nitrogens with one attached hydrogen (secondary N) is 1. The predicted octanol–water partition coefficient (Wildman–Crippen LogP) is 5.54. The van der Waals surface area contributed by atoms with Gasteiger partial charge in [-0.15, -0.1) is 0 Å². The van der Waals surface area contributed by atoms with Gasteiger partial charge in [0.2, 0.25) is 0 Å². The summed E-state index contributed by atoms with van der Waals surface area (Å²) in [5, 5.41) is 3.80. The van der Waals surface area contributed by atoms with Crippen LogP contribution in [0.25, 0.3) is 0 Å². The Hall–Kier alpha value is -0.0400. The molecule has 1 atom stereocenters. The van der Waals surface area contributed by atoms with Gasteiger partial charge in [-0.1, -0.05) is 59.8 Å². The molecule has 1 aliphatic rings. The molecule has 0 heterocycles. The normalized spacial score (nSPS) is 23.5. The van der Waals surface area contributed by atoms with Crippen molar-refractivity contribution in [1.82, 2.24) is 5.32 Å². The van der Waals surface area contributed by atoms with Crippen LogP contribution in [0.2, 0.25) is 0 Å². The smallest absolute Gasteiger partial charge is 0.00672 e. The number of hydrogen-bond donors (Lipinski definition) is 1. The second-order valence-corrected chi connectivity index (χ2v) is 7.84. The lowest BCUT2D eigenvalue weighted by molar-refractivity contribution is 0.309. The van der Waals surface area contributed by atoms with Crippen LogP contribution in [-0.2, 0) is 0 Å². The maximum absolute atomic E-state index is 3.80. The Bertz CT molecular complexity index is 220. The van der Waals surface area contributed by atoms with Gasteiger partial charge >= 0.3 is 0 Å². The Morgan fingerprint density at radius 2 is 1.74 bits per heavy atom. The summed E-state index contributed by atoms with van der Waals surface area (Å²) < 4.78 is 0. The molecule has 1 heteroatoms. The topological polar surface area (TPSA) is 12.0 Å². The van der Waals surface area contributed by atoms with E-state index in [-0.39, 0.29) is 0 Å². The van der Waals surface area contributed by atoms with E-state index in [0.29, 0.717) is 5.41 Å². The van der Waals surface area contributed by atoms with Crippen molar-refractivity contribution in [2.24, 2.45) is 11.3 Å². The van der Waals surface area contributed by atoms with E-state index in [9.17, 15) is 0 Å². The van der Waals surface area contributed by atoms with Gasteiger partial charge in [-0.25, -0.2) is 0 Å². The molecule has 1 rings (SSSR count). The Balaban J connectivity index is 1.97. The van der Waals surface area contributed by atoms with Crippen molar-refractivity contribution in [3.05, 3.63) is 0 Å². The van der Waals surface area contributed by atoms with E-state index in [1.807, 2.05) is 0 Å². The third-order valence-corrected chi connectivity index (χ3v) is 4.72. The van der Waals surface area contributed by atoms with Crippen LogP contribution in [0, 0.1) is 11.3 Å². The maximum Gasteiger partial charge on any atom is 0.00672 e. The fourth-order valence-electron chi connectivity index (χ4n) is 3.20. The second-order valence-electron chi connectivity index (χ2n) is 7.84. The molecule has 0 aromatic rings. The minimum absolute atomic E-state index is 0.591. The third kappa shape index (κ3) is 8.68. The van der Waals surface area contributed by atoms with Crippen molar-refractivity contribution < 1.29 is 0 Å². The Kier molecular flexibility index (Phi) is 8.06. The first-order valence-corrected chi connectivity index (χ1v) is 8.73. The minimum atomic E-state index is 0.591. The summed E-state index contributed by atoms with van der Waals surface area (Å²) in [4.78, 5) is 0. The summed E-state index contributed by atoms with van der Waals surface area (Å²) in [5.74, 6) is 0.882. The monoisotopic (exact) mass is 267 g/mol. The van der Waals surface area contributed by atoms with E-state index in [1.165, 1.54) is 70.8 Å². The molecule has 0 aromatic heterocycles. The van der Waals surface area contributed by atoms with Gasteiger partial charge in [0.25, 0.3) is 0 Å². The zero-order valence-electron chi connectivity index (χ0n) is 13.9. The molecule has 1 saturated carbocycles. The molecule has 1 N–H and O–H groups in total. The molecule has 0 saturated heterocycles. The first kappa shape index (κ1) is 17.0. The van der Waals surface area contributed by atoms with Crippen LogP contribution >= 0.6 is 0 Å². The average molecular weight is 268 g/mol. The van der Waals surface area contributed by atoms with Crippen molar-refractivity contribution in [2.75, 3.05) is 6.54 Å². The van der Waals surface area contributed by atoms with E-state index < -0.39 is 0 Å². The van der Waals surface area contributed by atoms with Gasteiger partial charge in [-0.2, -0.15) is 0 Å². The fraction of sp³-hybridized carbons (Fsp3) is 1.00. The molecular formula is C18H37N. The number of unbranched alkanes of at least 4 members (excludes halogenated alkanes) is 3. The molecular weight excluding hydrogens is 230 g/mol. The lowest BCUT2D eigenvalue weighted by Gasteiger charge is -2.22. The molecule has 0 aromatic carbocycles. The van der Waals surface area contributed by atoms with E-state index in [2.05, 4.69) is 33.0 Å². The summed E-state index contributed by atoms with van der Waals surface area (Å²) in [6, 6.07) is 0.803. The zero-order valence-corrected chi connectivity index (χ0v) is 13.9. The number of rotatable bonds is 8. The third-order valence-electron chi connectivity index (χ3n) is 4.72. The first-order valence-electron chi connectivity index (χ1n) is 8.73. The molecule has 1 fully saturated rings. The van der Waals surface area contributed by atoms with Crippen LogP contribution in [0.3, 0.4) is 0 Å². The van der Waals surface area contributed by atoms with Gasteiger partial charge in [0.15, 0.2) is 0 Å². The highest BCUT2D eigenvalue weighted by molar-refractivity contribution is 4.79. The average Bonchev–Trinajstić information content (AvgIpc) is 2.49. The van der Waals surface area contributed by atoms with E-state index in [4.69, 9.17) is 0 Å². The van der Waals surface area contributed by atoms with Crippen molar-refractivity contribution in [3.63, 3.8) is 0 Å².